The molecule has 2 heteroatoms. The summed E-state index contributed by atoms with van der Waals surface area (Å²) in [5.74, 6) is 0.512. The molecular weight excluding hydrogens is 237 g/mol. The second-order valence-corrected chi connectivity index (χ2v) is 6.81. The number of benzene rings is 1. The Morgan fingerprint density at radius 2 is 1.63 bits per heavy atom. The molecule has 0 bridgehead atoms. The van der Waals surface area contributed by atoms with Crippen LogP contribution in [0.25, 0.3) is 0 Å². The summed E-state index contributed by atoms with van der Waals surface area (Å²) in [7, 11) is 1.98. The van der Waals surface area contributed by atoms with E-state index >= 15 is 0 Å². The van der Waals surface area contributed by atoms with E-state index in [-0.39, 0.29) is 11.9 Å². The number of rotatable bonds is 4. The van der Waals surface area contributed by atoms with Gasteiger partial charge in [-0.05, 0) is 55.3 Å². The van der Waals surface area contributed by atoms with Crippen molar-refractivity contribution < 1.29 is 4.39 Å². The molecule has 0 aliphatic carbocycles. The standard InChI is InChI=1S/C17H28FN/c1-11-8-14(9-12(2)16(11)18)15(19-7)10-13(3)17(4,5)6/h8-9,13,15,19H,10H2,1-7H3. The van der Waals surface area contributed by atoms with Gasteiger partial charge in [0.05, 0.1) is 0 Å². The van der Waals surface area contributed by atoms with Gasteiger partial charge in [0.2, 0.25) is 0 Å². The monoisotopic (exact) mass is 265 g/mol. The van der Waals surface area contributed by atoms with Gasteiger partial charge >= 0.3 is 0 Å². The fourth-order valence-corrected chi connectivity index (χ4v) is 2.31. The first-order valence-corrected chi connectivity index (χ1v) is 7.10. The quantitative estimate of drug-likeness (QED) is 0.826. The third-order valence-corrected chi connectivity index (χ3v) is 4.28. The number of nitrogens with one attached hydrogen (secondary N) is 1. The van der Waals surface area contributed by atoms with E-state index in [2.05, 4.69) is 33.0 Å². The van der Waals surface area contributed by atoms with Gasteiger partial charge < -0.3 is 5.32 Å². The summed E-state index contributed by atoms with van der Waals surface area (Å²) in [6, 6.07) is 4.23. The first-order chi connectivity index (χ1) is 8.66. The van der Waals surface area contributed by atoms with Crippen molar-refractivity contribution >= 4 is 0 Å². The van der Waals surface area contributed by atoms with Gasteiger partial charge in [-0.2, -0.15) is 0 Å². The highest BCUT2D eigenvalue weighted by Gasteiger charge is 2.24. The lowest BCUT2D eigenvalue weighted by Crippen LogP contribution is -2.25. The van der Waals surface area contributed by atoms with E-state index in [0.29, 0.717) is 11.3 Å². The summed E-state index contributed by atoms with van der Waals surface area (Å²) in [4.78, 5) is 0. The molecule has 0 aliphatic heterocycles. The molecule has 1 rings (SSSR count). The summed E-state index contributed by atoms with van der Waals surface area (Å²) in [5, 5.41) is 3.37. The maximum absolute atomic E-state index is 13.7. The lowest BCUT2D eigenvalue weighted by molar-refractivity contribution is 0.226. The van der Waals surface area contributed by atoms with E-state index in [0.717, 1.165) is 17.5 Å². The maximum Gasteiger partial charge on any atom is 0.129 e. The molecule has 0 saturated heterocycles. The molecule has 0 aromatic heterocycles. The molecule has 0 radical (unpaired) electrons. The van der Waals surface area contributed by atoms with Crippen LogP contribution in [0.5, 0.6) is 0 Å². The average molecular weight is 265 g/mol. The Kier molecular flexibility index (Phi) is 5.14. The van der Waals surface area contributed by atoms with Gasteiger partial charge in [0, 0.05) is 6.04 Å². The molecule has 2 atom stereocenters. The summed E-state index contributed by atoms with van der Waals surface area (Å²) < 4.78 is 13.7. The normalized spacial score (nSPS) is 15.4. The largest absolute Gasteiger partial charge is 0.313 e. The first-order valence-electron chi connectivity index (χ1n) is 7.10. The predicted octanol–water partition coefficient (Wildman–Crippen LogP) is 4.78. The first kappa shape index (κ1) is 16.2. The fourth-order valence-electron chi connectivity index (χ4n) is 2.31. The minimum absolute atomic E-state index is 0.0810. The van der Waals surface area contributed by atoms with Crippen molar-refractivity contribution in [3.63, 3.8) is 0 Å². The van der Waals surface area contributed by atoms with E-state index in [1.54, 1.807) is 0 Å². The third-order valence-electron chi connectivity index (χ3n) is 4.28. The van der Waals surface area contributed by atoms with Crippen molar-refractivity contribution in [3.8, 4) is 0 Å². The molecule has 19 heavy (non-hydrogen) atoms. The molecule has 108 valence electrons. The van der Waals surface area contributed by atoms with Crippen LogP contribution in [0.3, 0.4) is 0 Å². The SMILES string of the molecule is CNC(CC(C)C(C)(C)C)c1cc(C)c(F)c(C)c1. The van der Waals surface area contributed by atoms with Crippen LogP contribution in [0.2, 0.25) is 0 Å². The second-order valence-electron chi connectivity index (χ2n) is 6.81. The van der Waals surface area contributed by atoms with Crippen molar-refractivity contribution in [2.75, 3.05) is 7.05 Å². The Labute approximate surface area is 117 Å². The van der Waals surface area contributed by atoms with Crippen molar-refractivity contribution in [2.45, 2.75) is 54.0 Å². The molecule has 0 aliphatic rings. The van der Waals surface area contributed by atoms with Gasteiger partial charge in [0.25, 0.3) is 0 Å². The number of hydrogen-bond acceptors (Lipinski definition) is 1. The van der Waals surface area contributed by atoms with Gasteiger partial charge in [0.1, 0.15) is 5.82 Å². The van der Waals surface area contributed by atoms with E-state index in [4.69, 9.17) is 0 Å². The predicted molar refractivity (Wildman–Crippen MR) is 80.9 cm³/mol. The summed E-state index contributed by atoms with van der Waals surface area (Å²) in [6.07, 6.45) is 1.06. The van der Waals surface area contributed by atoms with E-state index < -0.39 is 0 Å². The van der Waals surface area contributed by atoms with Gasteiger partial charge in [-0.3, -0.25) is 0 Å². The summed E-state index contributed by atoms with van der Waals surface area (Å²) in [6.45, 7) is 12.8. The summed E-state index contributed by atoms with van der Waals surface area (Å²) >= 11 is 0. The molecule has 0 fully saturated rings. The topological polar surface area (TPSA) is 12.0 Å². The fraction of sp³-hybridized carbons (Fsp3) is 0.647. The molecule has 0 saturated carbocycles. The Morgan fingerprint density at radius 1 is 1.16 bits per heavy atom. The molecular formula is C17H28FN. The highest BCUT2D eigenvalue weighted by molar-refractivity contribution is 5.32. The Morgan fingerprint density at radius 3 is 2.00 bits per heavy atom. The van der Waals surface area contributed by atoms with Gasteiger partial charge in [-0.1, -0.05) is 39.8 Å². The van der Waals surface area contributed by atoms with Crippen LogP contribution in [0.4, 0.5) is 4.39 Å². The molecule has 1 aromatic rings. The van der Waals surface area contributed by atoms with Crippen molar-refractivity contribution in [3.05, 3.63) is 34.6 Å². The molecule has 0 heterocycles. The number of hydrogen-bond donors (Lipinski definition) is 1. The number of aryl methyl sites for hydroxylation is 2. The van der Waals surface area contributed by atoms with Crippen molar-refractivity contribution in [1.82, 2.24) is 5.32 Å². The zero-order valence-corrected chi connectivity index (χ0v) is 13.4. The van der Waals surface area contributed by atoms with Gasteiger partial charge in [0.15, 0.2) is 0 Å². The van der Waals surface area contributed by atoms with Crippen LogP contribution < -0.4 is 5.32 Å². The highest BCUT2D eigenvalue weighted by atomic mass is 19.1. The lowest BCUT2D eigenvalue weighted by atomic mass is 9.77. The van der Waals surface area contributed by atoms with Crippen LogP contribution >= 0.6 is 0 Å². The van der Waals surface area contributed by atoms with Gasteiger partial charge in [-0.25, -0.2) is 4.39 Å². The Hall–Kier alpha value is -0.890. The van der Waals surface area contributed by atoms with Crippen molar-refractivity contribution in [2.24, 2.45) is 11.3 Å². The molecule has 1 aromatic carbocycles. The zero-order valence-electron chi connectivity index (χ0n) is 13.4. The minimum atomic E-state index is -0.0810. The minimum Gasteiger partial charge on any atom is -0.313 e. The smallest absolute Gasteiger partial charge is 0.129 e. The average Bonchev–Trinajstić information content (AvgIpc) is 2.30. The van der Waals surface area contributed by atoms with Crippen molar-refractivity contribution in [1.29, 1.82) is 0 Å². The molecule has 2 unspecified atom stereocenters. The molecule has 1 nitrogen and oxygen atoms in total. The van der Waals surface area contributed by atoms with Crippen LogP contribution in [-0.2, 0) is 0 Å². The number of halogens is 1. The maximum atomic E-state index is 13.7. The van der Waals surface area contributed by atoms with Crippen LogP contribution in [0.1, 0.15) is 56.8 Å². The van der Waals surface area contributed by atoms with E-state index in [9.17, 15) is 4.39 Å². The van der Waals surface area contributed by atoms with E-state index in [1.165, 1.54) is 5.56 Å². The third kappa shape index (κ3) is 4.04. The second kappa shape index (κ2) is 6.04. The van der Waals surface area contributed by atoms with Crippen LogP contribution in [0, 0.1) is 31.0 Å². The van der Waals surface area contributed by atoms with Crippen LogP contribution in [0.15, 0.2) is 12.1 Å². The summed E-state index contributed by atoms with van der Waals surface area (Å²) in [5.41, 5.74) is 2.95. The molecule has 0 spiro atoms. The van der Waals surface area contributed by atoms with Gasteiger partial charge in [-0.15, -0.1) is 0 Å². The van der Waals surface area contributed by atoms with E-state index in [1.807, 2.05) is 33.0 Å². The van der Waals surface area contributed by atoms with Crippen LogP contribution in [-0.4, -0.2) is 7.05 Å². The lowest BCUT2D eigenvalue weighted by Gasteiger charge is -2.31. The molecule has 1 N–H and O–H groups in total. The Balaban J connectivity index is 2.98. The highest BCUT2D eigenvalue weighted by Crippen LogP contribution is 2.33. The molecule has 0 amide bonds. The zero-order chi connectivity index (χ0) is 14.8. The Bertz CT molecular complexity index is 408.